The van der Waals surface area contributed by atoms with Gasteiger partial charge in [0, 0.05) is 25.6 Å². The van der Waals surface area contributed by atoms with E-state index in [0.717, 1.165) is 38.0 Å². The van der Waals surface area contributed by atoms with Gasteiger partial charge in [0.2, 0.25) is 0 Å². The van der Waals surface area contributed by atoms with Gasteiger partial charge in [-0.25, -0.2) is 0 Å². The number of benzene rings is 1. The Morgan fingerprint density at radius 1 is 1.04 bits per heavy atom. The number of piperidine rings is 1. The van der Waals surface area contributed by atoms with Gasteiger partial charge in [-0.15, -0.1) is 0 Å². The predicted octanol–water partition coefficient (Wildman–Crippen LogP) is 2.18. The summed E-state index contributed by atoms with van der Waals surface area (Å²) in [6.45, 7) is 2.95. The molecule has 4 nitrogen and oxygen atoms in total. The smallest absolute Gasteiger partial charge is 0.168 e. The molecule has 1 aromatic rings. The van der Waals surface area contributed by atoms with E-state index >= 15 is 0 Å². The lowest BCUT2D eigenvalue weighted by Crippen LogP contribution is -2.33. The Morgan fingerprint density at radius 2 is 1.70 bits per heavy atom. The first kappa shape index (κ1) is 15.9. The molecule has 3 rings (SSSR count). The number of carbonyl (C=O) groups excluding carboxylic acids is 2. The second kappa shape index (κ2) is 7.55. The quantitative estimate of drug-likeness (QED) is 0.661. The van der Waals surface area contributed by atoms with Crippen molar-refractivity contribution < 1.29 is 9.59 Å². The SMILES string of the molecule is O=C1CC(c2ccccc2)CC(=O)C1=CNCC1CCNCC1. The molecule has 1 saturated heterocycles. The topological polar surface area (TPSA) is 58.2 Å². The fraction of sp³-hybridized carbons (Fsp3) is 0.474. The summed E-state index contributed by atoms with van der Waals surface area (Å²) in [4.78, 5) is 24.7. The minimum absolute atomic E-state index is 0.0257. The third kappa shape index (κ3) is 4.08. The molecule has 23 heavy (non-hydrogen) atoms. The summed E-state index contributed by atoms with van der Waals surface area (Å²) in [6, 6.07) is 9.85. The monoisotopic (exact) mass is 312 g/mol. The van der Waals surface area contributed by atoms with Gasteiger partial charge < -0.3 is 10.6 Å². The van der Waals surface area contributed by atoms with Gasteiger partial charge in [-0.3, -0.25) is 9.59 Å². The van der Waals surface area contributed by atoms with Crippen LogP contribution in [0.1, 0.15) is 37.2 Å². The summed E-state index contributed by atoms with van der Waals surface area (Å²) in [5.74, 6) is 0.581. The molecule has 0 atom stereocenters. The van der Waals surface area contributed by atoms with Crippen LogP contribution in [0.3, 0.4) is 0 Å². The molecule has 0 aromatic heterocycles. The highest BCUT2D eigenvalue weighted by atomic mass is 16.1. The summed E-state index contributed by atoms with van der Waals surface area (Å²) in [6.07, 6.45) is 4.81. The maximum Gasteiger partial charge on any atom is 0.168 e. The lowest BCUT2D eigenvalue weighted by atomic mass is 9.80. The predicted molar refractivity (Wildman–Crippen MR) is 90.1 cm³/mol. The lowest BCUT2D eigenvalue weighted by Gasteiger charge is -2.24. The molecule has 1 aromatic carbocycles. The zero-order chi connectivity index (χ0) is 16.1. The molecule has 1 aliphatic carbocycles. The van der Waals surface area contributed by atoms with Crippen molar-refractivity contribution >= 4 is 11.6 Å². The molecule has 0 spiro atoms. The van der Waals surface area contributed by atoms with Gasteiger partial charge >= 0.3 is 0 Å². The molecule has 0 bridgehead atoms. The largest absolute Gasteiger partial charge is 0.390 e. The second-order valence-electron chi connectivity index (χ2n) is 6.52. The van der Waals surface area contributed by atoms with E-state index in [4.69, 9.17) is 0 Å². The van der Waals surface area contributed by atoms with E-state index in [2.05, 4.69) is 10.6 Å². The minimum Gasteiger partial charge on any atom is -0.390 e. The van der Waals surface area contributed by atoms with Crippen molar-refractivity contribution in [2.75, 3.05) is 19.6 Å². The second-order valence-corrected chi connectivity index (χ2v) is 6.52. The molecule has 0 radical (unpaired) electrons. The van der Waals surface area contributed by atoms with E-state index in [1.165, 1.54) is 0 Å². The van der Waals surface area contributed by atoms with E-state index in [1.807, 2.05) is 30.3 Å². The van der Waals surface area contributed by atoms with Crippen LogP contribution < -0.4 is 10.6 Å². The number of Topliss-reactive ketones (excluding diaryl/α,β-unsaturated/α-hetero) is 2. The molecule has 0 unspecified atom stereocenters. The first-order valence-corrected chi connectivity index (χ1v) is 8.49. The standard InChI is InChI=1S/C19H24N2O2/c22-18-10-16(15-4-2-1-3-5-15)11-19(23)17(18)13-21-12-14-6-8-20-9-7-14/h1-5,13-14,16,20-21H,6-12H2. The summed E-state index contributed by atoms with van der Waals surface area (Å²) >= 11 is 0. The number of ketones is 2. The molecule has 1 heterocycles. The van der Waals surface area contributed by atoms with Crippen LogP contribution >= 0.6 is 0 Å². The Balaban J connectivity index is 1.58. The number of carbonyl (C=O) groups is 2. The number of hydrogen-bond donors (Lipinski definition) is 2. The van der Waals surface area contributed by atoms with Crippen LogP contribution in [0.5, 0.6) is 0 Å². The zero-order valence-corrected chi connectivity index (χ0v) is 13.4. The first-order chi connectivity index (χ1) is 11.2. The molecule has 1 aliphatic heterocycles. The Kier molecular flexibility index (Phi) is 5.23. The van der Waals surface area contributed by atoms with Crippen LogP contribution in [0.2, 0.25) is 0 Å². The van der Waals surface area contributed by atoms with Crippen LogP contribution in [-0.2, 0) is 9.59 Å². The van der Waals surface area contributed by atoms with E-state index < -0.39 is 0 Å². The van der Waals surface area contributed by atoms with E-state index in [9.17, 15) is 9.59 Å². The zero-order valence-electron chi connectivity index (χ0n) is 13.4. The normalized spacial score (nSPS) is 23.0. The van der Waals surface area contributed by atoms with Crippen LogP contribution in [0, 0.1) is 5.92 Å². The summed E-state index contributed by atoms with van der Waals surface area (Å²) in [5.41, 5.74) is 1.43. The number of nitrogens with one attached hydrogen (secondary N) is 2. The van der Waals surface area contributed by atoms with Crippen LogP contribution in [0.15, 0.2) is 42.1 Å². The van der Waals surface area contributed by atoms with Gasteiger partial charge in [-0.05, 0) is 43.3 Å². The van der Waals surface area contributed by atoms with Crippen molar-refractivity contribution in [3.8, 4) is 0 Å². The molecule has 2 aliphatic rings. The molecule has 2 fully saturated rings. The Labute approximate surface area is 137 Å². The van der Waals surface area contributed by atoms with Gasteiger partial charge in [0.1, 0.15) is 0 Å². The van der Waals surface area contributed by atoms with Gasteiger partial charge in [0.15, 0.2) is 11.6 Å². The van der Waals surface area contributed by atoms with Gasteiger partial charge in [0.25, 0.3) is 0 Å². The fourth-order valence-corrected chi connectivity index (χ4v) is 3.43. The number of hydrogen-bond acceptors (Lipinski definition) is 4. The van der Waals surface area contributed by atoms with E-state index in [0.29, 0.717) is 24.3 Å². The van der Waals surface area contributed by atoms with Crippen molar-refractivity contribution in [2.24, 2.45) is 5.92 Å². The molecular weight excluding hydrogens is 288 g/mol. The van der Waals surface area contributed by atoms with E-state index in [-0.39, 0.29) is 17.5 Å². The average Bonchev–Trinajstić information content (AvgIpc) is 2.59. The minimum atomic E-state index is -0.0343. The third-order valence-electron chi connectivity index (χ3n) is 4.85. The summed E-state index contributed by atoms with van der Waals surface area (Å²) < 4.78 is 0. The fourth-order valence-electron chi connectivity index (χ4n) is 3.43. The number of rotatable bonds is 4. The summed E-state index contributed by atoms with van der Waals surface area (Å²) in [7, 11) is 0. The van der Waals surface area contributed by atoms with Crippen molar-refractivity contribution in [1.82, 2.24) is 10.6 Å². The average molecular weight is 312 g/mol. The Hall–Kier alpha value is -1.94. The van der Waals surface area contributed by atoms with Crippen LogP contribution in [0.25, 0.3) is 0 Å². The Bertz CT molecular complexity index is 569. The lowest BCUT2D eigenvalue weighted by molar-refractivity contribution is -0.124. The first-order valence-electron chi connectivity index (χ1n) is 8.49. The molecule has 0 amide bonds. The van der Waals surface area contributed by atoms with Gasteiger partial charge in [-0.2, -0.15) is 0 Å². The molecule has 2 N–H and O–H groups in total. The maximum absolute atomic E-state index is 12.3. The van der Waals surface area contributed by atoms with Crippen molar-refractivity contribution in [3.63, 3.8) is 0 Å². The maximum atomic E-state index is 12.3. The van der Waals surface area contributed by atoms with Crippen molar-refractivity contribution in [1.29, 1.82) is 0 Å². The van der Waals surface area contributed by atoms with Crippen molar-refractivity contribution in [2.45, 2.75) is 31.6 Å². The molecular formula is C19H24N2O2. The van der Waals surface area contributed by atoms with Crippen LogP contribution in [0.4, 0.5) is 0 Å². The molecule has 122 valence electrons. The van der Waals surface area contributed by atoms with Gasteiger partial charge in [-0.1, -0.05) is 30.3 Å². The third-order valence-corrected chi connectivity index (χ3v) is 4.85. The van der Waals surface area contributed by atoms with Crippen LogP contribution in [-0.4, -0.2) is 31.2 Å². The van der Waals surface area contributed by atoms with Gasteiger partial charge in [0.05, 0.1) is 5.57 Å². The number of allylic oxidation sites excluding steroid dienone is 1. The highest BCUT2D eigenvalue weighted by Crippen LogP contribution is 2.31. The van der Waals surface area contributed by atoms with Crippen molar-refractivity contribution in [3.05, 3.63) is 47.7 Å². The highest BCUT2D eigenvalue weighted by molar-refractivity contribution is 6.22. The highest BCUT2D eigenvalue weighted by Gasteiger charge is 2.31. The Morgan fingerprint density at radius 3 is 2.35 bits per heavy atom. The van der Waals surface area contributed by atoms with E-state index in [1.54, 1.807) is 6.20 Å². The molecule has 1 saturated carbocycles. The molecule has 4 heteroatoms. The summed E-state index contributed by atoms with van der Waals surface area (Å²) in [5, 5.41) is 6.55.